The van der Waals surface area contributed by atoms with Crippen LogP contribution >= 0.6 is 0 Å². The molecule has 16 heavy (non-hydrogen) atoms. The van der Waals surface area contributed by atoms with Gasteiger partial charge in [-0.25, -0.2) is 0 Å². The summed E-state index contributed by atoms with van der Waals surface area (Å²) in [7, 11) is 0. The standard InChI is InChI=1S/C12H23NO3/c1-3-11(9-14-6-1)13-5-2-7-16-12-4-8-15-10-12/h11-13H,1-10H2. The molecule has 2 saturated heterocycles. The lowest BCUT2D eigenvalue weighted by Crippen LogP contribution is -2.37. The van der Waals surface area contributed by atoms with E-state index in [0.717, 1.165) is 52.4 Å². The van der Waals surface area contributed by atoms with Gasteiger partial charge in [0.2, 0.25) is 0 Å². The van der Waals surface area contributed by atoms with Crippen LogP contribution in [0.15, 0.2) is 0 Å². The first-order chi connectivity index (χ1) is 7.95. The summed E-state index contributed by atoms with van der Waals surface area (Å²) < 4.78 is 16.4. The number of rotatable bonds is 6. The summed E-state index contributed by atoms with van der Waals surface area (Å²) in [6, 6.07) is 0.559. The first-order valence-corrected chi connectivity index (χ1v) is 6.45. The van der Waals surface area contributed by atoms with Crippen LogP contribution in [0.1, 0.15) is 25.7 Å². The van der Waals surface area contributed by atoms with Gasteiger partial charge >= 0.3 is 0 Å². The topological polar surface area (TPSA) is 39.7 Å². The number of nitrogens with one attached hydrogen (secondary N) is 1. The highest BCUT2D eigenvalue weighted by Gasteiger charge is 2.15. The molecule has 1 N–H and O–H groups in total. The van der Waals surface area contributed by atoms with Gasteiger partial charge < -0.3 is 19.5 Å². The molecule has 0 spiro atoms. The molecule has 0 radical (unpaired) electrons. The van der Waals surface area contributed by atoms with Crippen LogP contribution in [0.5, 0.6) is 0 Å². The Kier molecular flexibility index (Phi) is 5.55. The Morgan fingerprint density at radius 2 is 2.06 bits per heavy atom. The van der Waals surface area contributed by atoms with E-state index in [0.29, 0.717) is 12.1 Å². The Hall–Kier alpha value is -0.160. The van der Waals surface area contributed by atoms with E-state index < -0.39 is 0 Å². The maximum Gasteiger partial charge on any atom is 0.0830 e. The van der Waals surface area contributed by atoms with Crippen LogP contribution < -0.4 is 5.32 Å². The molecule has 4 heteroatoms. The first-order valence-electron chi connectivity index (χ1n) is 6.45. The molecular formula is C12H23NO3. The summed E-state index contributed by atoms with van der Waals surface area (Å²) in [6.07, 6.45) is 4.92. The van der Waals surface area contributed by atoms with E-state index in [1.165, 1.54) is 12.8 Å². The fourth-order valence-corrected chi connectivity index (χ4v) is 2.17. The lowest BCUT2D eigenvalue weighted by atomic mass is 10.1. The van der Waals surface area contributed by atoms with E-state index in [9.17, 15) is 0 Å². The molecule has 0 aliphatic carbocycles. The summed E-state index contributed by atoms with van der Waals surface area (Å²) in [5.41, 5.74) is 0. The summed E-state index contributed by atoms with van der Waals surface area (Å²) >= 11 is 0. The molecule has 2 atom stereocenters. The lowest BCUT2D eigenvalue weighted by molar-refractivity contribution is 0.0390. The van der Waals surface area contributed by atoms with E-state index in [-0.39, 0.29) is 0 Å². The molecule has 2 heterocycles. The average Bonchev–Trinajstić information content (AvgIpc) is 2.83. The van der Waals surface area contributed by atoms with Crippen molar-refractivity contribution in [3.05, 3.63) is 0 Å². The Labute approximate surface area is 97.6 Å². The second kappa shape index (κ2) is 7.22. The van der Waals surface area contributed by atoms with Crippen LogP contribution in [-0.2, 0) is 14.2 Å². The van der Waals surface area contributed by atoms with Crippen LogP contribution in [0, 0.1) is 0 Å². The van der Waals surface area contributed by atoms with Crippen LogP contribution in [0.2, 0.25) is 0 Å². The van der Waals surface area contributed by atoms with Gasteiger partial charge in [0.25, 0.3) is 0 Å². The van der Waals surface area contributed by atoms with Gasteiger partial charge in [-0.1, -0.05) is 0 Å². The first kappa shape index (κ1) is 12.3. The Morgan fingerprint density at radius 1 is 1.12 bits per heavy atom. The highest BCUT2D eigenvalue weighted by Crippen LogP contribution is 2.08. The lowest BCUT2D eigenvalue weighted by Gasteiger charge is -2.23. The molecule has 0 amide bonds. The van der Waals surface area contributed by atoms with E-state index in [1.54, 1.807) is 0 Å². The van der Waals surface area contributed by atoms with Crippen molar-refractivity contribution in [2.24, 2.45) is 0 Å². The van der Waals surface area contributed by atoms with E-state index in [1.807, 2.05) is 0 Å². The van der Waals surface area contributed by atoms with Gasteiger partial charge in [-0.3, -0.25) is 0 Å². The molecule has 2 unspecified atom stereocenters. The molecule has 0 bridgehead atoms. The van der Waals surface area contributed by atoms with Gasteiger partial charge in [0.05, 0.1) is 19.3 Å². The zero-order valence-corrected chi connectivity index (χ0v) is 9.95. The van der Waals surface area contributed by atoms with E-state index in [4.69, 9.17) is 14.2 Å². The van der Waals surface area contributed by atoms with Gasteiger partial charge in [0.15, 0.2) is 0 Å². The van der Waals surface area contributed by atoms with Gasteiger partial charge in [-0.05, 0) is 32.2 Å². The predicted molar refractivity (Wildman–Crippen MR) is 61.6 cm³/mol. The molecule has 2 aliphatic heterocycles. The highest BCUT2D eigenvalue weighted by molar-refractivity contribution is 4.69. The van der Waals surface area contributed by atoms with Crippen molar-refractivity contribution < 1.29 is 14.2 Å². The third-order valence-corrected chi connectivity index (χ3v) is 3.16. The second-order valence-corrected chi connectivity index (χ2v) is 4.58. The van der Waals surface area contributed by atoms with Gasteiger partial charge in [0.1, 0.15) is 0 Å². The summed E-state index contributed by atoms with van der Waals surface area (Å²) in [6.45, 7) is 5.32. The van der Waals surface area contributed by atoms with Gasteiger partial charge in [-0.15, -0.1) is 0 Å². The molecule has 2 fully saturated rings. The summed E-state index contributed by atoms with van der Waals surface area (Å²) in [5.74, 6) is 0. The molecule has 2 rings (SSSR count). The third kappa shape index (κ3) is 4.37. The molecule has 0 aromatic heterocycles. The fourth-order valence-electron chi connectivity index (χ4n) is 2.17. The van der Waals surface area contributed by atoms with Crippen molar-refractivity contribution in [1.29, 1.82) is 0 Å². The molecule has 2 aliphatic rings. The van der Waals surface area contributed by atoms with Crippen LogP contribution in [0.3, 0.4) is 0 Å². The van der Waals surface area contributed by atoms with Crippen molar-refractivity contribution in [1.82, 2.24) is 5.32 Å². The molecule has 4 nitrogen and oxygen atoms in total. The minimum atomic E-state index is 0.345. The number of hydrogen-bond acceptors (Lipinski definition) is 4. The monoisotopic (exact) mass is 229 g/mol. The van der Waals surface area contributed by atoms with Crippen LogP contribution in [0.25, 0.3) is 0 Å². The maximum atomic E-state index is 5.70. The SMILES string of the molecule is C(CNC1CCCOC1)COC1CCOC1. The summed E-state index contributed by atoms with van der Waals surface area (Å²) in [5, 5.41) is 3.51. The largest absolute Gasteiger partial charge is 0.380 e. The Morgan fingerprint density at radius 3 is 2.81 bits per heavy atom. The van der Waals surface area contributed by atoms with Crippen molar-refractivity contribution in [2.45, 2.75) is 37.8 Å². The summed E-state index contributed by atoms with van der Waals surface area (Å²) in [4.78, 5) is 0. The average molecular weight is 229 g/mol. The van der Waals surface area contributed by atoms with Crippen molar-refractivity contribution in [3.63, 3.8) is 0 Å². The van der Waals surface area contributed by atoms with Crippen molar-refractivity contribution in [2.75, 3.05) is 39.6 Å². The molecule has 0 aromatic carbocycles. The maximum absolute atomic E-state index is 5.70. The van der Waals surface area contributed by atoms with Crippen molar-refractivity contribution in [3.8, 4) is 0 Å². The predicted octanol–water partition coefficient (Wildman–Crippen LogP) is 0.951. The fraction of sp³-hybridized carbons (Fsp3) is 1.00. The van der Waals surface area contributed by atoms with Crippen LogP contribution in [0.4, 0.5) is 0 Å². The van der Waals surface area contributed by atoms with Gasteiger partial charge in [0, 0.05) is 25.9 Å². The van der Waals surface area contributed by atoms with Crippen LogP contribution in [-0.4, -0.2) is 51.7 Å². The zero-order valence-electron chi connectivity index (χ0n) is 9.95. The third-order valence-electron chi connectivity index (χ3n) is 3.16. The highest BCUT2D eigenvalue weighted by atomic mass is 16.5. The van der Waals surface area contributed by atoms with Gasteiger partial charge in [-0.2, -0.15) is 0 Å². The minimum Gasteiger partial charge on any atom is -0.380 e. The molecular weight excluding hydrogens is 206 g/mol. The number of ether oxygens (including phenoxy) is 3. The quantitative estimate of drug-likeness (QED) is 0.688. The second-order valence-electron chi connectivity index (χ2n) is 4.58. The van der Waals surface area contributed by atoms with Crippen molar-refractivity contribution >= 4 is 0 Å². The molecule has 94 valence electrons. The zero-order chi connectivity index (χ0) is 11.1. The normalized spacial score (nSPS) is 30.8. The number of hydrogen-bond donors (Lipinski definition) is 1. The Balaban J connectivity index is 1.42. The minimum absolute atomic E-state index is 0.345. The molecule has 0 saturated carbocycles. The van der Waals surface area contributed by atoms with E-state index >= 15 is 0 Å². The molecule has 0 aromatic rings. The smallest absolute Gasteiger partial charge is 0.0830 e. The van der Waals surface area contributed by atoms with E-state index in [2.05, 4.69) is 5.32 Å². The Bertz CT molecular complexity index is 177.